The number of amides is 1. The Morgan fingerprint density at radius 3 is 2.74 bits per heavy atom. The average Bonchev–Trinajstić information content (AvgIpc) is 2.58. The maximum atomic E-state index is 12.7. The lowest BCUT2D eigenvalue weighted by Gasteiger charge is -2.39. The first-order chi connectivity index (χ1) is 8.88. The van der Waals surface area contributed by atoms with Gasteiger partial charge in [-0.05, 0) is 25.0 Å². The molecular formula is C15H18N2O2. The molecule has 0 radical (unpaired) electrons. The van der Waals surface area contributed by atoms with Gasteiger partial charge < -0.3 is 4.90 Å². The summed E-state index contributed by atoms with van der Waals surface area (Å²) >= 11 is 0. The Morgan fingerprint density at radius 2 is 2.05 bits per heavy atom. The lowest BCUT2D eigenvalue weighted by Crippen LogP contribution is -2.48. The number of pyridine rings is 1. The van der Waals surface area contributed by atoms with E-state index in [9.17, 15) is 9.59 Å². The molecule has 1 atom stereocenters. The average molecular weight is 258 g/mol. The lowest BCUT2D eigenvalue weighted by molar-refractivity contribution is -0.135. The second-order valence-corrected chi connectivity index (χ2v) is 6.30. The number of rotatable bonds is 0. The molecule has 1 amide bonds. The number of ketones is 1. The highest BCUT2D eigenvalue weighted by molar-refractivity contribution is 6.08. The summed E-state index contributed by atoms with van der Waals surface area (Å²) in [5.41, 5.74) is 0.692. The van der Waals surface area contributed by atoms with Crippen molar-refractivity contribution in [1.82, 2.24) is 4.98 Å². The van der Waals surface area contributed by atoms with Gasteiger partial charge in [-0.3, -0.25) is 14.6 Å². The Bertz CT molecular complexity index is 579. The molecule has 1 aromatic heterocycles. The Hall–Kier alpha value is -1.71. The molecule has 1 saturated carbocycles. The molecule has 1 aliphatic heterocycles. The summed E-state index contributed by atoms with van der Waals surface area (Å²) in [5, 5.41) is 0. The molecule has 4 nitrogen and oxygen atoms in total. The number of hydrogen-bond acceptors (Lipinski definition) is 3. The van der Waals surface area contributed by atoms with E-state index in [1.807, 2.05) is 26.0 Å². The maximum Gasteiger partial charge on any atom is 0.239 e. The van der Waals surface area contributed by atoms with Crippen LogP contribution in [0.1, 0.15) is 38.8 Å². The van der Waals surface area contributed by atoms with E-state index in [-0.39, 0.29) is 11.7 Å². The molecule has 0 saturated heterocycles. The summed E-state index contributed by atoms with van der Waals surface area (Å²) in [7, 11) is 1.79. The number of nitrogens with zero attached hydrogens (tertiary/aromatic N) is 2. The third-order valence-electron chi connectivity index (χ3n) is 4.59. The highest BCUT2D eigenvalue weighted by atomic mass is 16.2. The Morgan fingerprint density at radius 1 is 1.32 bits per heavy atom. The fraction of sp³-hybridized carbons (Fsp3) is 0.533. The molecule has 100 valence electrons. The Labute approximate surface area is 112 Å². The SMILES string of the molecule is CN1C(=O)C2(CCC(=O)C(C)(C)C2)c2ncccc21. The molecular weight excluding hydrogens is 240 g/mol. The molecule has 4 heteroatoms. The van der Waals surface area contributed by atoms with Crippen LogP contribution in [0.25, 0.3) is 0 Å². The van der Waals surface area contributed by atoms with E-state index < -0.39 is 10.8 Å². The van der Waals surface area contributed by atoms with Crippen molar-refractivity contribution in [2.45, 2.75) is 38.5 Å². The first kappa shape index (κ1) is 12.3. The number of Topliss-reactive ketones (excluding diaryl/α,β-unsaturated/α-hetero) is 1. The van der Waals surface area contributed by atoms with E-state index in [0.717, 1.165) is 11.4 Å². The van der Waals surface area contributed by atoms with Crippen LogP contribution in [0.15, 0.2) is 18.3 Å². The second-order valence-electron chi connectivity index (χ2n) is 6.30. The van der Waals surface area contributed by atoms with Crippen molar-refractivity contribution in [1.29, 1.82) is 0 Å². The van der Waals surface area contributed by atoms with Crippen molar-refractivity contribution < 1.29 is 9.59 Å². The van der Waals surface area contributed by atoms with Gasteiger partial charge in [-0.1, -0.05) is 13.8 Å². The van der Waals surface area contributed by atoms with Crippen LogP contribution in [0, 0.1) is 5.41 Å². The Kier molecular flexibility index (Phi) is 2.37. The van der Waals surface area contributed by atoms with Crippen molar-refractivity contribution in [3.63, 3.8) is 0 Å². The summed E-state index contributed by atoms with van der Waals surface area (Å²) in [6.45, 7) is 3.87. The van der Waals surface area contributed by atoms with Gasteiger partial charge in [-0.15, -0.1) is 0 Å². The van der Waals surface area contributed by atoms with Gasteiger partial charge in [0.1, 0.15) is 5.78 Å². The van der Waals surface area contributed by atoms with E-state index in [0.29, 0.717) is 19.3 Å². The second kappa shape index (κ2) is 3.65. The largest absolute Gasteiger partial charge is 0.313 e. The first-order valence-corrected chi connectivity index (χ1v) is 6.65. The normalized spacial score (nSPS) is 28.9. The molecule has 1 unspecified atom stereocenters. The van der Waals surface area contributed by atoms with Crippen molar-refractivity contribution in [2.24, 2.45) is 5.41 Å². The van der Waals surface area contributed by atoms with Crippen LogP contribution in [-0.2, 0) is 15.0 Å². The first-order valence-electron chi connectivity index (χ1n) is 6.65. The summed E-state index contributed by atoms with van der Waals surface area (Å²) in [5.74, 6) is 0.333. The van der Waals surface area contributed by atoms with E-state index in [2.05, 4.69) is 4.98 Å². The van der Waals surface area contributed by atoms with Crippen LogP contribution in [0.2, 0.25) is 0 Å². The standard InChI is InChI=1S/C15H18N2O2/c1-14(2)9-15(7-6-11(14)18)12-10(5-4-8-16-12)17(3)13(15)19/h4-5,8H,6-7,9H2,1-3H3. The van der Waals surface area contributed by atoms with Crippen molar-refractivity contribution >= 4 is 17.4 Å². The number of likely N-dealkylation sites (N-methyl/N-ethyl adjacent to an activating group) is 1. The van der Waals surface area contributed by atoms with Crippen molar-refractivity contribution in [2.75, 3.05) is 11.9 Å². The number of carbonyl (C=O) groups excluding carboxylic acids is 2. The highest BCUT2D eigenvalue weighted by Crippen LogP contribution is 2.52. The molecule has 1 aliphatic carbocycles. The summed E-state index contributed by atoms with van der Waals surface area (Å²) < 4.78 is 0. The van der Waals surface area contributed by atoms with Crippen LogP contribution in [-0.4, -0.2) is 23.7 Å². The maximum absolute atomic E-state index is 12.7. The molecule has 3 rings (SSSR count). The minimum absolute atomic E-state index is 0.0850. The fourth-order valence-corrected chi connectivity index (χ4v) is 3.56. The smallest absolute Gasteiger partial charge is 0.239 e. The van der Waals surface area contributed by atoms with Gasteiger partial charge in [0.15, 0.2) is 0 Å². The van der Waals surface area contributed by atoms with Crippen molar-refractivity contribution in [3.05, 3.63) is 24.0 Å². The zero-order valence-corrected chi connectivity index (χ0v) is 11.6. The van der Waals surface area contributed by atoms with Gasteiger partial charge in [0.05, 0.1) is 16.8 Å². The third-order valence-corrected chi connectivity index (χ3v) is 4.59. The van der Waals surface area contributed by atoms with Crippen LogP contribution in [0.3, 0.4) is 0 Å². The van der Waals surface area contributed by atoms with Gasteiger partial charge >= 0.3 is 0 Å². The van der Waals surface area contributed by atoms with Gasteiger partial charge in [-0.25, -0.2) is 0 Å². The molecule has 1 fully saturated rings. The minimum Gasteiger partial charge on any atom is -0.313 e. The van der Waals surface area contributed by atoms with E-state index in [4.69, 9.17) is 0 Å². The van der Waals surface area contributed by atoms with Crippen molar-refractivity contribution in [3.8, 4) is 0 Å². The Balaban J connectivity index is 2.15. The molecule has 2 aliphatic rings. The molecule has 0 N–H and O–H groups in total. The van der Waals surface area contributed by atoms with Gasteiger partial charge in [0.2, 0.25) is 5.91 Å². The zero-order chi connectivity index (χ0) is 13.8. The van der Waals surface area contributed by atoms with Gasteiger partial charge in [0.25, 0.3) is 0 Å². The van der Waals surface area contributed by atoms with Gasteiger partial charge in [0, 0.05) is 25.1 Å². The zero-order valence-electron chi connectivity index (χ0n) is 11.6. The summed E-state index contributed by atoms with van der Waals surface area (Å²) in [6.07, 6.45) is 3.34. The topological polar surface area (TPSA) is 50.3 Å². The van der Waals surface area contributed by atoms with E-state index in [1.165, 1.54) is 0 Å². The number of fused-ring (bicyclic) bond motifs is 2. The fourth-order valence-electron chi connectivity index (χ4n) is 3.56. The molecule has 19 heavy (non-hydrogen) atoms. The predicted octanol–water partition coefficient (Wildman–Crippen LogP) is 2.07. The minimum atomic E-state index is -0.594. The van der Waals surface area contributed by atoms with Crippen LogP contribution in [0.5, 0.6) is 0 Å². The van der Waals surface area contributed by atoms with E-state index in [1.54, 1.807) is 18.1 Å². The molecule has 1 aromatic rings. The number of aromatic nitrogens is 1. The molecule has 1 spiro atoms. The van der Waals surface area contributed by atoms with E-state index >= 15 is 0 Å². The molecule has 2 heterocycles. The number of hydrogen-bond donors (Lipinski definition) is 0. The van der Waals surface area contributed by atoms with Gasteiger partial charge in [-0.2, -0.15) is 0 Å². The quantitative estimate of drug-likeness (QED) is 0.716. The number of carbonyl (C=O) groups is 2. The van der Waals surface area contributed by atoms with Crippen LogP contribution < -0.4 is 4.90 Å². The monoisotopic (exact) mass is 258 g/mol. The molecule has 0 bridgehead atoms. The number of anilines is 1. The molecule has 0 aromatic carbocycles. The highest BCUT2D eigenvalue weighted by Gasteiger charge is 2.56. The van der Waals surface area contributed by atoms with Crippen LogP contribution in [0.4, 0.5) is 5.69 Å². The summed E-state index contributed by atoms with van der Waals surface area (Å²) in [4.78, 5) is 30.9. The third kappa shape index (κ3) is 1.49. The predicted molar refractivity (Wildman–Crippen MR) is 72.0 cm³/mol. The lowest BCUT2D eigenvalue weighted by atomic mass is 9.62. The van der Waals surface area contributed by atoms with Crippen LogP contribution >= 0.6 is 0 Å². The summed E-state index contributed by atoms with van der Waals surface area (Å²) in [6, 6.07) is 3.78.